The summed E-state index contributed by atoms with van der Waals surface area (Å²) in [5.74, 6) is 0. The number of nitrogens with two attached hydrogens (primary N) is 1. The van der Waals surface area contributed by atoms with Crippen molar-refractivity contribution in [1.29, 1.82) is 0 Å². The second-order valence-electron chi connectivity index (χ2n) is 2.70. The molecule has 0 radical (unpaired) electrons. The minimum absolute atomic E-state index is 0.655. The van der Waals surface area contributed by atoms with Gasteiger partial charge in [-0.2, -0.15) is 0 Å². The Morgan fingerprint density at radius 3 is 1.86 bits per heavy atom. The Bertz CT molecular complexity index is 302. The van der Waals surface area contributed by atoms with Gasteiger partial charge in [0.1, 0.15) is 0 Å². The van der Waals surface area contributed by atoms with Gasteiger partial charge in [0.05, 0.1) is 0 Å². The van der Waals surface area contributed by atoms with Crippen LogP contribution in [0.1, 0.15) is 5.56 Å². The van der Waals surface area contributed by atoms with Crippen LogP contribution in [0.15, 0.2) is 24.3 Å². The molecule has 1 rings (SSSR count). The SMILES string of the molecule is NCc1cc[c]([Na])cc1.O=P(O)(O)O. The molecule has 0 saturated carbocycles. The third-order valence-electron chi connectivity index (χ3n) is 1.36. The van der Waals surface area contributed by atoms with Crippen molar-refractivity contribution in [2.24, 2.45) is 5.73 Å². The van der Waals surface area contributed by atoms with Gasteiger partial charge in [-0.05, 0) is 0 Å². The molecule has 0 heterocycles. The standard InChI is InChI=1S/C7H8N.Na.H3O4P/c8-6-7-4-2-1-3-5-7;;1-5(2,3)4/h2-5H,6,8H2;;(H3,1,2,3,4). The van der Waals surface area contributed by atoms with Crippen LogP contribution in [0.4, 0.5) is 0 Å². The van der Waals surface area contributed by atoms with E-state index in [9.17, 15) is 0 Å². The van der Waals surface area contributed by atoms with Crippen LogP contribution >= 0.6 is 7.82 Å². The van der Waals surface area contributed by atoms with E-state index in [0.717, 1.165) is 27.9 Å². The summed E-state index contributed by atoms with van der Waals surface area (Å²) in [4.78, 5) is 21.6. The maximum absolute atomic E-state index is 8.88. The van der Waals surface area contributed by atoms with E-state index in [0.29, 0.717) is 6.54 Å². The van der Waals surface area contributed by atoms with Gasteiger partial charge in [0.25, 0.3) is 0 Å². The fourth-order valence-electron chi connectivity index (χ4n) is 0.724. The molecule has 0 aliphatic rings. The number of benzene rings is 1. The molecule has 14 heavy (non-hydrogen) atoms. The van der Waals surface area contributed by atoms with Crippen LogP contribution in [0.25, 0.3) is 0 Å². The molecule has 7 heteroatoms. The average Bonchev–Trinajstić information content (AvgIpc) is 2.03. The Hall–Kier alpha value is 0.290. The molecule has 0 fully saturated rings. The Balaban J connectivity index is 0.000000292. The number of rotatable bonds is 1. The van der Waals surface area contributed by atoms with Crippen molar-refractivity contribution in [3.63, 3.8) is 0 Å². The van der Waals surface area contributed by atoms with E-state index in [-0.39, 0.29) is 0 Å². The minimum atomic E-state index is -4.64. The molecule has 0 saturated heterocycles. The molecule has 0 atom stereocenters. The van der Waals surface area contributed by atoms with Gasteiger partial charge >= 0.3 is 80.7 Å². The Kier molecular flexibility index (Phi) is 6.85. The average molecular weight is 227 g/mol. The summed E-state index contributed by atoms with van der Waals surface area (Å²) in [5.41, 5.74) is 6.63. The van der Waals surface area contributed by atoms with Crippen molar-refractivity contribution in [3.05, 3.63) is 29.8 Å². The van der Waals surface area contributed by atoms with Gasteiger partial charge in [0.15, 0.2) is 0 Å². The Morgan fingerprint density at radius 2 is 1.57 bits per heavy atom. The maximum atomic E-state index is 8.88. The molecule has 0 amide bonds. The number of phosphoric acid groups is 1. The van der Waals surface area contributed by atoms with Gasteiger partial charge in [-0.25, -0.2) is 4.57 Å². The summed E-state index contributed by atoms with van der Waals surface area (Å²) in [7, 11) is -4.64. The quantitative estimate of drug-likeness (QED) is 0.364. The fourth-order valence-corrected chi connectivity index (χ4v) is 1.06. The van der Waals surface area contributed by atoms with Crippen LogP contribution in [0.3, 0.4) is 0 Å². The van der Waals surface area contributed by atoms with Crippen LogP contribution < -0.4 is 8.55 Å². The Labute approximate surface area is 99.6 Å². The van der Waals surface area contributed by atoms with Crippen molar-refractivity contribution < 1.29 is 19.2 Å². The van der Waals surface area contributed by atoms with Crippen LogP contribution in [0.5, 0.6) is 0 Å². The van der Waals surface area contributed by atoms with Crippen molar-refractivity contribution in [2.45, 2.75) is 6.54 Å². The largest absolute Gasteiger partial charge is 0.466 e. The third-order valence-corrected chi connectivity index (χ3v) is 2.02. The Morgan fingerprint density at radius 1 is 1.21 bits per heavy atom. The topological polar surface area (TPSA) is 104 Å². The molecular formula is C7H11NNaO4P. The van der Waals surface area contributed by atoms with Crippen molar-refractivity contribution >= 4 is 38.6 Å². The summed E-state index contributed by atoms with van der Waals surface area (Å²) >= 11 is 1.13. The van der Waals surface area contributed by atoms with Gasteiger partial charge in [0.2, 0.25) is 0 Å². The first-order valence-corrected chi connectivity index (χ1v) is 6.43. The molecule has 0 aromatic heterocycles. The van der Waals surface area contributed by atoms with E-state index in [2.05, 4.69) is 24.3 Å². The van der Waals surface area contributed by atoms with E-state index in [4.69, 9.17) is 25.0 Å². The van der Waals surface area contributed by atoms with E-state index in [1.807, 2.05) is 0 Å². The molecule has 5 N–H and O–H groups in total. The predicted molar refractivity (Wildman–Crippen MR) is 54.0 cm³/mol. The second-order valence-corrected chi connectivity index (χ2v) is 4.88. The predicted octanol–water partition coefficient (Wildman–Crippen LogP) is -0.990. The minimum Gasteiger partial charge on any atom is -0.303 e. The van der Waals surface area contributed by atoms with Gasteiger partial charge in [-0.15, -0.1) is 0 Å². The third kappa shape index (κ3) is 10.4. The van der Waals surface area contributed by atoms with Crippen molar-refractivity contribution in [3.8, 4) is 0 Å². The van der Waals surface area contributed by atoms with E-state index in [1.54, 1.807) is 0 Å². The zero-order valence-corrected chi connectivity index (χ0v) is 10.7. The molecule has 0 spiro atoms. The number of hydrogen-bond donors (Lipinski definition) is 4. The summed E-state index contributed by atoms with van der Waals surface area (Å²) in [6, 6.07) is 8.44. The molecule has 0 aliphatic carbocycles. The van der Waals surface area contributed by atoms with Crippen molar-refractivity contribution in [2.75, 3.05) is 0 Å². The van der Waals surface area contributed by atoms with Crippen LogP contribution in [0, 0.1) is 0 Å². The zero-order chi connectivity index (χ0) is 11.2. The van der Waals surface area contributed by atoms with Gasteiger partial charge in [0, 0.05) is 0 Å². The van der Waals surface area contributed by atoms with E-state index in [1.165, 1.54) is 8.38 Å². The van der Waals surface area contributed by atoms with Gasteiger partial charge in [-0.1, -0.05) is 0 Å². The number of hydrogen-bond acceptors (Lipinski definition) is 2. The molecule has 74 valence electrons. The maximum Gasteiger partial charge on any atom is 0.466 e. The van der Waals surface area contributed by atoms with Gasteiger partial charge < -0.3 is 14.7 Å². The van der Waals surface area contributed by atoms with Gasteiger partial charge in [-0.3, -0.25) is 0 Å². The summed E-state index contributed by atoms with van der Waals surface area (Å²) < 4.78 is 10.3. The smallest absolute Gasteiger partial charge is 0.303 e. The monoisotopic (exact) mass is 227 g/mol. The van der Waals surface area contributed by atoms with Crippen LogP contribution in [-0.4, -0.2) is 42.6 Å². The second kappa shape index (κ2) is 6.71. The van der Waals surface area contributed by atoms with Crippen LogP contribution in [-0.2, 0) is 11.1 Å². The molecule has 0 aliphatic heterocycles. The molecule has 5 nitrogen and oxygen atoms in total. The summed E-state index contributed by atoms with van der Waals surface area (Å²) in [5, 5.41) is 0. The summed E-state index contributed by atoms with van der Waals surface area (Å²) in [6.07, 6.45) is 0. The molecule has 0 unspecified atom stereocenters. The normalized spacial score (nSPS) is 10.4. The fraction of sp³-hybridized carbons (Fsp3) is 0.143. The van der Waals surface area contributed by atoms with Crippen LogP contribution in [0.2, 0.25) is 0 Å². The molecule has 1 aromatic carbocycles. The first-order chi connectivity index (χ1) is 6.33. The first-order valence-electron chi connectivity index (χ1n) is 3.87. The van der Waals surface area contributed by atoms with E-state index < -0.39 is 7.82 Å². The summed E-state index contributed by atoms with van der Waals surface area (Å²) in [6.45, 7) is 0.655. The van der Waals surface area contributed by atoms with E-state index >= 15 is 0 Å². The molecular weight excluding hydrogens is 216 g/mol. The first kappa shape index (κ1) is 14.3. The molecule has 1 aromatic rings. The molecule has 0 bridgehead atoms. The van der Waals surface area contributed by atoms with Crippen molar-refractivity contribution in [1.82, 2.24) is 0 Å². The zero-order valence-electron chi connectivity index (χ0n) is 7.79.